The Morgan fingerprint density at radius 1 is 0.780 bits per heavy atom. The number of carbonyl (C=O) groups is 3. The maximum atomic E-state index is 13.3. The van der Waals surface area contributed by atoms with E-state index in [-0.39, 0.29) is 23.3 Å². The number of carbonyl (C=O) groups excluding carboxylic acids is 3. The number of hydrogen-bond donors (Lipinski definition) is 3. The zero-order chi connectivity index (χ0) is 29.2. The molecule has 4 aromatic rings. The van der Waals surface area contributed by atoms with Gasteiger partial charge in [0, 0.05) is 25.4 Å². The summed E-state index contributed by atoms with van der Waals surface area (Å²) in [6.07, 6.45) is 1.66. The molecule has 0 unspecified atom stereocenters. The molecular weight excluding hydrogens is 645 g/mol. The second kappa shape index (κ2) is 14.7. The summed E-state index contributed by atoms with van der Waals surface area (Å²) in [7, 11) is 0. The molecule has 0 heterocycles. The summed E-state index contributed by atoms with van der Waals surface area (Å²) in [5, 5.41) is 8.52. The van der Waals surface area contributed by atoms with E-state index in [9.17, 15) is 14.4 Å². The Morgan fingerprint density at radius 3 is 2.02 bits per heavy atom. The summed E-state index contributed by atoms with van der Waals surface area (Å²) in [5.74, 6) is -0.275. The number of thioether (sulfide) groups is 1. The van der Waals surface area contributed by atoms with E-state index in [1.54, 1.807) is 42.5 Å². The SMILES string of the molecule is CC(C)c1ccc(/C=C(\NC(=O)c2ccccc2)C(=O)Nc2ccc(SCC(=O)Nc3ccc(I)cc3)cc2)cc1. The van der Waals surface area contributed by atoms with Crippen LogP contribution in [0.25, 0.3) is 6.08 Å². The number of anilines is 2. The van der Waals surface area contributed by atoms with Crippen molar-refractivity contribution in [2.75, 3.05) is 16.4 Å². The minimum atomic E-state index is -0.445. The Labute approximate surface area is 258 Å². The van der Waals surface area contributed by atoms with Crippen LogP contribution in [-0.2, 0) is 9.59 Å². The third-order valence-electron chi connectivity index (χ3n) is 6.05. The summed E-state index contributed by atoms with van der Waals surface area (Å²) in [5.41, 5.74) is 3.89. The highest BCUT2D eigenvalue weighted by Gasteiger charge is 2.15. The lowest BCUT2D eigenvalue weighted by molar-refractivity contribution is -0.114. The molecule has 0 saturated carbocycles. The maximum Gasteiger partial charge on any atom is 0.272 e. The molecule has 0 aliphatic heterocycles. The highest BCUT2D eigenvalue weighted by molar-refractivity contribution is 14.1. The average molecular weight is 676 g/mol. The van der Waals surface area contributed by atoms with E-state index in [1.807, 2.05) is 66.7 Å². The quantitative estimate of drug-likeness (QED) is 0.0921. The molecule has 0 aromatic heterocycles. The van der Waals surface area contributed by atoms with Crippen LogP contribution in [0.3, 0.4) is 0 Å². The molecule has 4 rings (SSSR count). The second-order valence-electron chi connectivity index (χ2n) is 9.52. The standard InChI is InChI=1S/C33H30IN3O3S/c1-22(2)24-10-8-23(9-11-24)20-30(37-32(39)25-6-4-3-5-7-25)33(40)36-28-16-18-29(19-17-28)41-21-31(38)35-27-14-12-26(34)13-15-27/h3-20,22H,21H2,1-2H3,(H,35,38)(H,36,40)(H,37,39)/b30-20-. The van der Waals surface area contributed by atoms with E-state index in [2.05, 4.69) is 52.4 Å². The second-order valence-corrected chi connectivity index (χ2v) is 11.8. The first-order chi connectivity index (χ1) is 19.8. The van der Waals surface area contributed by atoms with Crippen molar-refractivity contribution >= 4 is 69.5 Å². The lowest BCUT2D eigenvalue weighted by Crippen LogP contribution is -2.30. The minimum absolute atomic E-state index is 0.0982. The largest absolute Gasteiger partial charge is 0.325 e. The molecule has 41 heavy (non-hydrogen) atoms. The Kier molecular flexibility index (Phi) is 10.8. The van der Waals surface area contributed by atoms with Gasteiger partial charge in [-0.15, -0.1) is 11.8 Å². The number of nitrogens with one attached hydrogen (secondary N) is 3. The van der Waals surface area contributed by atoms with Crippen LogP contribution in [0.4, 0.5) is 11.4 Å². The molecule has 0 spiro atoms. The fourth-order valence-electron chi connectivity index (χ4n) is 3.80. The average Bonchev–Trinajstić information content (AvgIpc) is 2.98. The highest BCUT2D eigenvalue weighted by atomic mass is 127. The van der Waals surface area contributed by atoms with Crippen molar-refractivity contribution in [3.05, 3.63) is 129 Å². The van der Waals surface area contributed by atoms with Crippen LogP contribution in [0.1, 0.15) is 41.3 Å². The minimum Gasteiger partial charge on any atom is -0.325 e. The van der Waals surface area contributed by atoms with E-state index < -0.39 is 5.91 Å². The Balaban J connectivity index is 1.41. The number of halogens is 1. The predicted octanol–water partition coefficient (Wildman–Crippen LogP) is 7.56. The molecule has 3 amide bonds. The third kappa shape index (κ3) is 9.33. The molecule has 3 N–H and O–H groups in total. The molecule has 6 nitrogen and oxygen atoms in total. The fraction of sp³-hybridized carbons (Fsp3) is 0.121. The smallest absolute Gasteiger partial charge is 0.272 e. The van der Waals surface area contributed by atoms with Crippen molar-refractivity contribution in [2.45, 2.75) is 24.7 Å². The molecule has 0 bridgehead atoms. The molecule has 0 aliphatic carbocycles. The van der Waals surface area contributed by atoms with Crippen LogP contribution >= 0.6 is 34.4 Å². The number of hydrogen-bond acceptors (Lipinski definition) is 4. The molecule has 4 aromatic carbocycles. The summed E-state index contributed by atoms with van der Waals surface area (Å²) in [6, 6.07) is 31.5. The van der Waals surface area contributed by atoms with Crippen molar-refractivity contribution in [3.63, 3.8) is 0 Å². The van der Waals surface area contributed by atoms with Crippen LogP contribution in [0.2, 0.25) is 0 Å². The Bertz CT molecular complexity index is 1520. The van der Waals surface area contributed by atoms with Crippen molar-refractivity contribution in [1.82, 2.24) is 5.32 Å². The summed E-state index contributed by atoms with van der Waals surface area (Å²) < 4.78 is 1.10. The van der Waals surface area contributed by atoms with Gasteiger partial charge in [0.2, 0.25) is 5.91 Å². The van der Waals surface area contributed by atoms with E-state index in [0.717, 1.165) is 19.7 Å². The van der Waals surface area contributed by atoms with Crippen molar-refractivity contribution in [1.29, 1.82) is 0 Å². The van der Waals surface area contributed by atoms with E-state index >= 15 is 0 Å². The van der Waals surface area contributed by atoms with Gasteiger partial charge in [-0.25, -0.2) is 0 Å². The van der Waals surface area contributed by atoms with Crippen LogP contribution in [0, 0.1) is 3.57 Å². The van der Waals surface area contributed by atoms with Crippen LogP contribution in [0.5, 0.6) is 0 Å². The zero-order valence-corrected chi connectivity index (χ0v) is 25.7. The van der Waals surface area contributed by atoms with E-state index in [0.29, 0.717) is 17.2 Å². The van der Waals surface area contributed by atoms with Gasteiger partial charge in [-0.1, -0.05) is 56.3 Å². The molecular formula is C33H30IN3O3S. The van der Waals surface area contributed by atoms with Gasteiger partial charge in [0.1, 0.15) is 5.70 Å². The lowest BCUT2D eigenvalue weighted by atomic mass is 10.0. The Hall–Kier alpha value is -3.89. The van der Waals surface area contributed by atoms with Crippen LogP contribution in [0.15, 0.2) is 114 Å². The van der Waals surface area contributed by atoms with Gasteiger partial charge < -0.3 is 16.0 Å². The van der Waals surface area contributed by atoms with E-state index in [1.165, 1.54) is 17.3 Å². The van der Waals surface area contributed by atoms with Gasteiger partial charge >= 0.3 is 0 Å². The molecule has 0 atom stereocenters. The predicted molar refractivity (Wildman–Crippen MR) is 176 cm³/mol. The summed E-state index contributed by atoms with van der Waals surface area (Å²) in [4.78, 5) is 39.4. The van der Waals surface area contributed by atoms with Crippen LogP contribution in [-0.4, -0.2) is 23.5 Å². The summed E-state index contributed by atoms with van der Waals surface area (Å²) >= 11 is 3.62. The van der Waals surface area contributed by atoms with Gasteiger partial charge in [-0.3, -0.25) is 14.4 Å². The van der Waals surface area contributed by atoms with Crippen molar-refractivity contribution in [2.24, 2.45) is 0 Å². The topological polar surface area (TPSA) is 87.3 Å². The van der Waals surface area contributed by atoms with Gasteiger partial charge in [0.05, 0.1) is 5.75 Å². The van der Waals surface area contributed by atoms with Gasteiger partial charge in [0.25, 0.3) is 11.8 Å². The summed E-state index contributed by atoms with van der Waals surface area (Å²) in [6.45, 7) is 4.24. The normalized spacial score (nSPS) is 11.2. The number of benzene rings is 4. The van der Waals surface area contributed by atoms with Gasteiger partial charge in [0.15, 0.2) is 0 Å². The maximum absolute atomic E-state index is 13.3. The molecule has 0 fully saturated rings. The monoisotopic (exact) mass is 675 g/mol. The first-order valence-electron chi connectivity index (χ1n) is 13.0. The number of amides is 3. The first-order valence-corrected chi connectivity index (χ1v) is 15.1. The molecule has 0 radical (unpaired) electrons. The molecule has 0 aliphatic rings. The molecule has 8 heteroatoms. The van der Waals surface area contributed by atoms with Crippen LogP contribution < -0.4 is 16.0 Å². The molecule has 0 saturated heterocycles. The van der Waals surface area contributed by atoms with E-state index in [4.69, 9.17) is 0 Å². The molecule has 208 valence electrons. The lowest BCUT2D eigenvalue weighted by Gasteiger charge is -2.12. The van der Waals surface area contributed by atoms with Gasteiger partial charge in [-0.05, 0) is 106 Å². The number of rotatable bonds is 10. The third-order valence-corrected chi connectivity index (χ3v) is 7.78. The fourth-order valence-corrected chi connectivity index (χ4v) is 4.86. The highest BCUT2D eigenvalue weighted by Crippen LogP contribution is 2.22. The van der Waals surface area contributed by atoms with Crippen molar-refractivity contribution in [3.8, 4) is 0 Å². The first kappa shape index (κ1) is 30.1. The Morgan fingerprint density at radius 2 is 1.39 bits per heavy atom. The zero-order valence-electron chi connectivity index (χ0n) is 22.7. The van der Waals surface area contributed by atoms with Gasteiger partial charge in [-0.2, -0.15) is 0 Å². The van der Waals surface area contributed by atoms with Crippen molar-refractivity contribution < 1.29 is 14.4 Å².